The molecule has 0 aliphatic heterocycles. The summed E-state index contributed by atoms with van der Waals surface area (Å²) in [4.78, 5) is 11.1. The SMILES string of the molecule is CC(C)=CC(=O)CC(C)(C)S. The summed E-state index contributed by atoms with van der Waals surface area (Å²) in [5.74, 6) is 0.157. The van der Waals surface area contributed by atoms with Crippen molar-refractivity contribution in [1.82, 2.24) is 0 Å². The van der Waals surface area contributed by atoms with Gasteiger partial charge in [0.1, 0.15) is 0 Å². The highest BCUT2D eigenvalue weighted by molar-refractivity contribution is 7.81. The number of carbonyl (C=O) groups is 1. The van der Waals surface area contributed by atoms with Crippen LogP contribution in [-0.2, 0) is 4.79 Å². The molecule has 0 heterocycles. The van der Waals surface area contributed by atoms with Crippen LogP contribution in [-0.4, -0.2) is 10.5 Å². The van der Waals surface area contributed by atoms with E-state index in [1.54, 1.807) is 6.08 Å². The molecular weight excluding hydrogens is 156 g/mol. The predicted molar refractivity (Wildman–Crippen MR) is 52.1 cm³/mol. The third kappa shape index (κ3) is 7.66. The van der Waals surface area contributed by atoms with Gasteiger partial charge in [0.05, 0.1) is 0 Å². The Bertz CT molecular complexity index is 170. The van der Waals surface area contributed by atoms with Gasteiger partial charge in [0.25, 0.3) is 0 Å². The Balaban J connectivity index is 4.00. The zero-order valence-corrected chi connectivity index (χ0v) is 8.53. The van der Waals surface area contributed by atoms with Crippen molar-refractivity contribution in [1.29, 1.82) is 0 Å². The minimum atomic E-state index is -0.191. The smallest absolute Gasteiger partial charge is 0.156 e. The van der Waals surface area contributed by atoms with Crippen molar-refractivity contribution in [3.05, 3.63) is 11.6 Å². The van der Waals surface area contributed by atoms with Crippen molar-refractivity contribution < 1.29 is 4.79 Å². The van der Waals surface area contributed by atoms with Gasteiger partial charge < -0.3 is 0 Å². The summed E-state index contributed by atoms with van der Waals surface area (Å²) in [5, 5.41) is 0. The molecule has 0 aromatic carbocycles. The molecule has 0 N–H and O–H groups in total. The van der Waals surface area contributed by atoms with Crippen LogP contribution < -0.4 is 0 Å². The van der Waals surface area contributed by atoms with Gasteiger partial charge in [-0.3, -0.25) is 4.79 Å². The molecule has 0 aromatic rings. The second-order valence-electron chi connectivity index (χ2n) is 3.68. The maximum Gasteiger partial charge on any atom is 0.156 e. The second-order valence-corrected chi connectivity index (χ2v) is 4.89. The Morgan fingerprint density at radius 3 is 2.18 bits per heavy atom. The summed E-state index contributed by atoms with van der Waals surface area (Å²) in [6.45, 7) is 7.71. The molecule has 0 aliphatic rings. The third-order valence-corrected chi connectivity index (χ3v) is 1.21. The summed E-state index contributed by atoms with van der Waals surface area (Å²) < 4.78 is -0.191. The zero-order chi connectivity index (χ0) is 9.07. The van der Waals surface area contributed by atoms with Crippen LogP contribution in [0.3, 0.4) is 0 Å². The molecule has 2 heteroatoms. The number of rotatable bonds is 3. The number of allylic oxidation sites excluding steroid dienone is 2. The van der Waals surface area contributed by atoms with E-state index in [0.717, 1.165) is 5.57 Å². The molecule has 1 nitrogen and oxygen atoms in total. The van der Waals surface area contributed by atoms with Crippen molar-refractivity contribution in [2.45, 2.75) is 38.9 Å². The molecule has 64 valence electrons. The van der Waals surface area contributed by atoms with Crippen molar-refractivity contribution in [2.75, 3.05) is 0 Å². The van der Waals surface area contributed by atoms with Crippen LogP contribution >= 0.6 is 12.6 Å². The summed E-state index contributed by atoms with van der Waals surface area (Å²) in [7, 11) is 0. The van der Waals surface area contributed by atoms with E-state index in [-0.39, 0.29) is 10.5 Å². The van der Waals surface area contributed by atoms with E-state index < -0.39 is 0 Å². The second kappa shape index (κ2) is 3.96. The van der Waals surface area contributed by atoms with E-state index in [2.05, 4.69) is 12.6 Å². The van der Waals surface area contributed by atoms with Gasteiger partial charge in [-0.05, 0) is 19.9 Å². The van der Waals surface area contributed by atoms with E-state index in [0.29, 0.717) is 6.42 Å². The molecule has 0 saturated carbocycles. The van der Waals surface area contributed by atoms with E-state index in [9.17, 15) is 4.79 Å². The monoisotopic (exact) mass is 172 g/mol. The molecule has 0 aromatic heterocycles. The third-order valence-electron chi connectivity index (χ3n) is 1.06. The van der Waals surface area contributed by atoms with Crippen LogP contribution in [0.4, 0.5) is 0 Å². The number of carbonyl (C=O) groups excluding carboxylic acids is 1. The molecule has 0 fully saturated rings. The average molecular weight is 172 g/mol. The predicted octanol–water partition coefficient (Wildman–Crippen LogP) is 2.62. The summed E-state index contributed by atoms with van der Waals surface area (Å²) in [5.41, 5.74) is 1.05. The van der Waals surface area contributed by atoms with Gasteiger partial charge in [0.2, 0.25) is 0 Å². The van der Waals surface area contributed by atoms with Crippen LogP contribution in [0.5, 0.6) is 0 Å². The number of hydrogen-bond donors (Lipinski definition) is 1. The first-order valence-electron chi connectivity index (χ1n) is 3.71. The fourth-order valence-corrected chi connectivity index (χ4v) is 0.955. The molecule has 0 atom stereocenters. The normalized spacial score (nSPS) is 11.0. The first-order chi connectivity index (χ1) is 4.81. The molecule has 0 aliphatic carbocycles. The van der Waals surface area contributed by atoms with E-state index >= 15 is 0 Å². The van der Waals surface area contributed by atoms with Crippen molar-refractivity contribution in [2.24, 2.45) is 0 Å². The fourth-order valence-electron chi connectivity index (χ4n) is 0.799. The maximum absolute atomic E-state index is 11.1. The molecule has 0 bridgehead atoms. The Hall–Kier alpha value is -0.240. The number of hydrogen-bond acceptors (Lipinski definition) is 2. The lowest BCUT2D eigenvalue weighted by Crippen LogP contribution is -2.15. The zero-order valence-electron chi connectivity index (χ0n) is 7.64. The van der Waals surface area contributed by atoms with Crippen molar-refractivity contribution in [3.63, 3.8) is 0 Å². The first-order valence-corrected chi connectivity index (χ1v) is 4.16. The van der Waals surface area contributed by atoms with E-state index in [1.807, 2.05) is 27.7 Å². The Kier molecular flexibility index (Phi) is 3.87. The van der Waals surface area contributed by atoms with Gasteiger partial charge in [-0.2, -0.15) is 12.6 Å². The number of ketones is 1. The Morgan fingerprint density at radius 1 is 1.45 bits per heavy atom. The van der Waals surface area contributed by atoms with Crippen LogP contribution in [0.15, 0.2) is 11.6 Å². The van der Waals surface area contributed by atoms with Gasteiger partial charge in [-0.1, -0.05) is 19.4 Å². The highest BCUT2D eigenvalue weighted by Gasteiger charge is 2.14. The van der Waals surface area contributed by atoms with Gasteiger partial charge in [0.15, 0.2) is 5.78 Å². The van der Waals surface area contributed by atoms with Crippen LogP contribution in [0.1, 0.15) is 34.1 Å². The fraction of sp³-hybridized carbons (Fsp3) is 0.667. The lowest BCUT2D eigenvalue weighted by Gasteiger charge is -2.14. The molecule has 0 amide bonds. The quantitative estimate of drug-likeness (QED) is 0.511. The summed E-state index contributed by atoms with van der Waals surface area (Å²) >= 11 is 4.27. The van der Waals surface area contributed by atoms with Crippen molar-refractivity contribution >= 4 is 18.4 Å². The maximum atomic E-state index is 11.1. The lowest BCUT2D eigenvalue weighted by atomic mass is 10.1. The molecular formula is C9H16OS. The van der Waals surface area contributed by atoms with Crippen LogP contribution in [0.25, 0.3) is 0 Å². The molecule has 0 saturated heterocycles. The lowest BCUT2D eigenvalue weighted by molar-refractivity contribution is -0.115. The van der Waals surface area contributed by atoms with Gasteiger partial charge in [0, 0.05) is 11.2 Å². The minimum Gasteiger partial charge on any atom is -0.295 e. The molecule has 0 unspecified atom stereocenters. The van der Waals surface area contributed by atoms with Crippen LogP contribution in [0.2, 0.25) is 0 Å². The highest BCUT2D eigenvalue weighted by atomic mass is 32.1. The molecule has 11 heavy (non-hydrogen) atoms. The topological polar surface area (TPSA) is 17.1 Å². The summed E-state index contributed by atoms with van der Waals surface area (Å²) in [6, 6.07) is 0. The molecule has 0 rings (SSSR count). The standard InChI is InChI=1S/C9H16OS/c1-7(2)5-8(10)6-9(3,4)11/h5,11H,6H2,1-4H3. The average Bonchev–Trinajstić information content (AvgIpc) is 1.53. The van der Waals surface area contributed by atoms with Gasteiger partial charge in [-0.15, -0.1) is 0 Å². The Morgan fingerprint density at radius 2 is 1.91 bits per heavy atom. The first kappa shape index (κ1) is 10.8. The summed E-state index contributed by atoms with van der Waals surface area (Å²) in [6.07, 6.45) is 2.17. The highest BCUT2D eigenvalue weighted by Crippen LogP contribution is 2.17. The van der Waals surface area contributed by atoms with Gasteiger partial charge in [-0.25, -0.2) is 0 Å². The van der Waals surface area contributed by atoms with E-state index in [1.165, 1.54) is 0 Å². The van der Waals surface area contributed by atoms with Crippen molar-refractivity contribution in [3.8, 4) is 0 Å². The number of thiol groups is 1. The van der Waals surface area contributed by atoms with E-state index in [4.69, 9.17) is 0 Å². The van der Waals surface area contributed by atoms with Gasteiger partial charge >= 0.3 is 0 Å². The largest absolute Gasteiger partial charge is 0.295 e. The molecule has 0 radical (unpaired) electrons. The Labute approximate surface area is 74.3 Å². The molecule has 0 spiro atoms. The van der Waals surface area contributed by atoms with Crippen LogP contribution in [0, 0.1) is 0 Å². The minimum absolute atomic E-state index is 0.157.